The number of nitrogens with zero attached hydrogens (tertiary/aromatic N) is 7. The van der Waals surface area contributed by atoms with E-state index in [0.717, 1.165) is 48.6 Å². The number of hydrogen-bond donors (Lipinski definition) is 1. The minimum absolute atomic E-state index is 0.132. The summed E-state index contributed by atoms with van der Waals surface area (Å²) in [6.07, 6.45) is 6.04. The molecule has 1 fully saturated rings. The van der Waals surface area contributed by atoms with Crippen LogP contribution in [0.5, 0.6) is 11.5 Å². The van der Waals surface area contributed by atoms with Crippen molar-refractivity contribution in [3.63, 3.8) is 0 Å². The highest BCUT2D eigenvalue weighted by Crippen LogP contribution is 2.34. The number of methoxy groups -OCH3 is 2. The van der Waals surface area contributed by atoms with Gasteiger partial charge in [-0.2, -0.15) is 9.61 Å². The van der Waals surface area contributed by atoms with Crippen molar-refractivity contribution in [2.75, 3.05) is 31.0 Å². The fourth-order valence-electron chi connectivity index (χ4n) is 5.79. The van der Waals surface area contributed by atoms with E-state index in [0.29, 0.717) is 46.9 Å². The van der Waals surface area contributed by atoms with E-state index >= 15 is 0 Å². The molecule has 0 spiro atoms. The first kappa shape index (κ1) is 28.4. The third-order valence-electron chi connectivity index (χ3n) is 8.28. The van der Waals surface area contributed by atoms with Crippen LogP contribution >= 0.6 is 0 Å². The molecule has 0 saturated carbocycles. The maximum Gasteiger partial charge on any atom is 0.226 e. The summed E-state index contributed by atoms with van der Waals surface area (Å²) in [6.45, 7) is 8.36. The highest BCUT2D eigenvalue weighted by atomic mass is 19.1. The van der Waals surface area contributed by atoms with Crippen LogP contribution in [0.2, 0.25) is 0 Å². The van der Waals surface area contributed by atoms with Gasteiger partial charge in [0.25, 0.3) is 0 Å². The van der Waals surface area contributed by atoms with E-state index < -0.39 is 0 Å². The Hall–Kier alpha value is -4.67. The molecule has 0 unspecified atom stereocenters. The number of fused-ring (bicyclic) bond motifs is 1. The second-order valence-electron chi connectivity index (χ2n) is 11.0. The first-order valence-electron chi connectivity index (χ1n) is 14.7. The Morgan fingerprint density at radius 3 is 2.67 bits per heavy atom. The predicted molar refractivity (Wildman–Crippen MR) is 164 cm³/mol. The van der Waals surface area contributed by atoms with Crippen LogP contribution in [0.25, 0.3) is 16.9 Å². The average molecular weight is 585 g/mol. The number of anilines is 2. The monoisotopic (exact) mass is 584 g/mol. The Kier molecular flexibility index (Phi) is 7.88. The van der Waals surface area contributed by atoms with Crippen molar-refractivity contribution >= 4 is 17.3 Å². The molecular weight excluding hydrogens is 547 g/mol. The number of aromatic nitrogens is 6. The number of piperidine rings is 1. The third-order valence-corrected chi connectivity index (χ3v) is 8.28. The van der Waals surface area contributed by atoms with Crippen LogP contribution in [0.1, 0.15) is 49.6 Å². The van der Waals surface area contributed by atoms with Gasteiger partial charge >= 0.3 is 0 Å². The number of benzene rings is 2. The van der Waals surface area contributed by atoms with Crippen molar-refractivity contribution in [3.05, 3.63) is 77.6 Å². The van der Waals surface area contributed by atoms with Gasteiger partial charge in [0.1, 0.15) is 17.3 Å². The maximum atomic E-state index is 14.3. The molecule has 43 heavy (non-hydrogen) atoms. The average Bonchev–Trinajstić information content (AvgIpc) is 3.69. The summed E-state index contributed by atoms with van der Waals surface area (Å²) < 4.78 is 29.0. The van der Waals surface area contributed by atoms with Gasteiger partial charge in [-0.05, 0) is 57.9 Å². The minimum Gasteiger partial charge on any atom is -0.497 e. The normalized spacial score (nSPS) is 16.9. The van der Waals surface area contributed by atoms with E-state index in [4.69, 9.17) is 24.5 Å². The fourth-order valence-corrected chi connectivity index (χ4v) is 5.79. The molecule has 0 aliphatic carbocycles. The molecule has 224 valence electrons. The van der Waals surface area contributed by atoms with E-state index in [2.05, 4.69) is 35.4 Å². The molecule has 1 aliphatic heterocycles. The SMILES string of the molecule is CCn1cc(N2C[C@H](c3nc4c(C)c(-c5cccc(F)c5)nc(NCc5ccc(OC)cc5OC)n4n3)CC[C@@H]2C)cn1. The molecule has 6 rings (SSSR count). The van der Waals surface area contributed by atoms with Crippen LogP contribution in [0.3, 0.4) is 0 Å². The smallest absolute Gasteiger partial charge is 0.226 e. The van der Waals surface area contributed by atoms with Crippen molar-refractivity contribution in [1.82, 2.24) is 29.4 Å². The number of ether oxygens (including phenoxy) is 2. The molecule has 11 heteroatoms. The summed E-state index contributed by atoms with van der Waals surface area (Å²) in [5, 5.41) is 13.0. The number of halogens is 1. The van der Waals surface area contributed by atoms with Crippen LogP contribution in [-0.2, 0) is 13.1 Å². The van der Waals surface area contributed by atoms with E-state index in [9.17, 15) is 4.39 Å². The van der Waals surface area contributed by atoms with Gasteiger partial charge in [0.15, 0.2) is 11.5 Å². The molecule has 10 nitrogen and oxygen atoms in total. The molecule has 4 heterocycles. The molecule has 3 aromatic heterocycles. The van der Waals surface area contributed by atoms with Gasteiger partial charge in [-0.3, -0.25) is 4.68 Å². The third kappa shape index (κ3) is 5.59. The van der Waals surface area contributed by atoms with Crippen LogP contribution in [0.15, 0.2) is 54.9 Å². The molecule has 0 bridgehead atoms. The number of rotatable bonds is 9. The van der Waals surface area contributed by atoms with Crippen molar-refractivity contribution in [3.8, 4) is 22.8 Å². The molecule has 1 aliphatic rings. The predicted octanol–water partition coefficient (Wildman–Crippen LogP) is 5.86. The van der Waals surface area contributed by atoms with Crippen LogP contribution < -0.4 is 19.7 Å². The maximum absolute atomic E-state index is 14.3. The Bertz CT molecular complexity index is 1750. The number of aryl methyl sites for hydroxylation is 2. The molecular formula is C32H37FN8O2. The quantitative estimate of drug-likeness (QED) is 0.230. The lowest BCUT2D eigenvalue weighted by Gasteiger charge is -2.37. The summed E-state index contributed by atoms with van der Waals surface area (Å²) >= 11 is 0. The van der Waals surface area contributed by atoms with Gasteiger partial charge in [0, 0.05) is 60.5 Å². The highest BCUT2D eigenvalue weighted by Gasteiger charge is 2.31. The topological polar surface area (TPSA) is 94.6 Å². The lowest BCUT2D eigenvalue weighted by atomic mass is 9.92. The Balaban J connectivity index is 1.39. The zero-order chi connectivity index (χ0) is 30.1. The number of nitrogens with one attached hydrogen (secondary N) is 1. The van der Waals surface area contributed by atoms with Gasteiger partial charge in [-0.15, -0.1) is 5.10 Å². The fraction of sp³-hybridized carbons (Fsp3) is 0.375. The van der Waals surface area contributed by atoms with Crippen LogP contribution in [0.4, 0.5) is 16.0 Å². The van der Waals surface area contributed by atoms with Gasteiger partial charge in [-0.1, -0.05) is 12.1 Å². The highest BCUT2D eigenvalue weighted by molar-refractivity contribution is 5.71. The number of hydrogen-bond acceptors (Lipinski definition) is 8. The van der Waals surface area contributed by atoms with Gasteiger partial charge in [-0.25, -0.2) is 14.4 Å². The molecule has 2 atom stereocenters. The molecule has 2 aromatic carbocycles. The standard InChI is InChI=1S/C32H37FN8O2/c1-6-39-19-26(17-35-39)40-18-24(11-10-20(40)2)30-37-31-21(3)29(22-8-7-9-25(33)14-22)36-32(41(31)38-30)34-16-23-12-13-27(42-4)15-28(23)43-5/h7-9,12-15,17,19-20,24H,6,10-11,16,18H2,1-5H3,(H,34,36)/t20-,24+/m0/s1. The Morgan fingerprint density at radius 2 is 1.93 bits per heavy atom. The minimum atomic E-state index is -0.318. The second-order valence-corrected chi connectivity index (χ2v) is 11.0. The Labute approximate surface area is 250 Å². The first-order valence-corrected chi connectivity index (χ1v) is 14.7. The molecule has 0 radical (unpaired) electrons. The van der Waals surface area contributed by atoms with Gasteiger partial charge < -0.3 is 19.7 Å². The lowest BCUT2D eigenvalue weighted by Crippen LogP contribution is -2.41. The van der Waals surface area contributed by atoms with Crippen molar-refractivity contribution in [2.45, 2.75) is 58.7 Å². The van der Waals surface area contributed by atoms with Gasteiger partial charge in [0.2, 0.25) is 5.95 Å². The molecule has 1 saturated heterocycles. The summed E-state index contributed by atoms with van der Waals surface area (Å²) in [5.74, 6) is 2.51. The second kappa shape index (κ2) is 11.9. The first-order chi connectivity index (χ1) is 20.9. The summed E-state index contributed by atoms with van der Waals surface area (Å²) in [4.78, 5) is 12.4. The largest absolute Gasteiger partial charge is 0.497 e. The van der Waals surface area contributed by atoms with E-state index in [1.165, 1.54) is 12.1 Å². The van der Waals surface area contributed by atoms with Gasteiger partial charge in [0.05, 0.1) is 31.8 Å². The van der Waals surface area contributed by atoms with Crippen molar-refractivity contribution in [2.24, 2.45) is 0 Å². The zero-order valence-corrected chi connectivity index (χ0v) is 25.2. The molecule has 0 amide bonds. The lowest BCUT2D eigenvalue weighted by molar-refractivity contribution is 0.391. The molecule has 5 aromatic rings. The van der Waals surface area contributed by atoms with Crippen LogP contribution in [0, 0.1) is 12.7 Å². The van der Waals surface area contributed by atoms with Crippen LogP contribution in [-0.4, -0.2) is 56.2 Å². The van der Waals surface area contributed by atoms with Crippen molar-refractivity contribution in [1.29, 1.82) is 0 Å². The molecule has 1 N–H and O–H groups in total. The Morgan fingerprint density at radius 1 is 1.07 bits per heavy atom. The van der Waals surface area contributed by atoms with E-state index in [1.54, 1.807) is 24.8 Å². The summed E-state index contributed by atoms with van der Waals surface area (Å²) in [6, 6.07) is 12.6. The summed E-state index contributed by atoms with van der Waals surface area (Å²) in [7, 11) is 3.26. The van der Waals surface area contributed by atoms with E-state index in [1.807, 2.05) is 42.1 Å². The van der Waals surface area contributed by atoms with Crippen molar-refractivity contribution < 1.29 is 13.9 Å². The summed E-state index contributed by atoms with van der Waals surface area (Å²) in [5.41, 5.74) is 4.90. The zero-order valence-electron chi connectivity index (χ0n) is 25.2. The van der Waals surface area contributed by atoms with E-state index in [-0.39, 0.29) is 11.7 Å².